The summed E-state index contributed by atoms with van der Waals surface area (Å²) in [7, 11) is 6.96. The summed E-state index contributed by atoms with van der Waals surface area (Å²) in [5.41, 5.74) is 0. The van der Waals surface area contributed by atoms with E-state index >= 15 is 0 Å². The Labute approximate surface area is 90.1 Å². The van der Waals surface area contributed by atoms with Crippen molar-refractivity contribution in [3.63, 3.8) is 0 Å². The van der Waals surface area contributed by atoms with Crippen molar-refractivity contribution < 1.29 is 14.7 Å². The lowest BCUT2D eigenvalue weighted by atomic mass is 10.4. The lowest BCUT2D eigenvalue weighted by Crippen LogP contribution is -2.44. The molecule has 1 N–H and O–H groups in total. The first-order valence-electron chi connectivity index (χ1n) is 4.67. The molecule has 0 spiro atoms. The van der Waals surface area contributed by atoms with E-state index in [1.165, 1.54) is 9.80 Å². The van der Waals surface area contributed by atoms with E-state index in [2.05, 4.69) is 0 Å². The average molecular weight is 217 g/mol. The highest BCUT2D eigenvalue weighted by molar-refractivity contribution is 5.79. The van der Waals surface area contributed by atoms with Gasteiger partial charge in [0, 0.05) is 27.2 Å². The largest absolute Gasteiger partial charge is 0.480 e. The van der Waals surface area contributed by atoms with Crippen molar-refractivity contribution >= 4 is 12.0 Å². The van der Waals surface area contributed by atoms with Crippen molar-refractivity contribution in [2.24, 2.45) is 0 Å². The zero-order chi connectivity index (χ0) is 12.0. The Balaban J connectivity index is 4.30. The van der Waals surface area contributed by atoms with Gasteiger partial charge in [-0.2, -0.15) is 0 Å². The molecule has 0 aromatic carbocycles. The lowest BCUT2D eigenvalue weighted by molar-refractivity contribution is -0.137. The molecule has 0 unspecified atom stereocenters. The summed E-state index contributed by atoms with van der Waals surface area (Å²) in [5.74, 6) is -0.996. The summed E-state index contributed by atoms with van der Waals surface area (Å²) < 4.78 is 0. The summed E-state index contributed by atoms with van der Waals surface area (Å²) in [5, 5.41) is 8.65. The summed E-state index contributed by atoms with van der Waals surface area (Å²) >= 11 is 0. The average Bonchev–Trinajstić information content (AvgIpc) is 2.10. The molecule has 0 aliphatic carbocycles. The lowest BCUT2D eigenvalue weighted by Gasteiger charge is -2.25. The van der Waals surface area contributed by atoms with Crippen molar-refractivity contribution in [2.45, 2.75) is 0 Å². The monoisotopic (exact) mass is 217 g/mol. The molecule has 0 aliphatic heterocycles. The van der Waals surface area contributed by atoms with Gasteiger partial charge in [-0.1, -0.05) is 0 Å². The second kappa shape index (κ2) is 6.23. The molecule has 2 amide bonds. The number of amides is 2. The van der Waals surface area contributed by atoms with Crippen LogP contribution in [0.25, 0.3) is 0 Å². The molecule has 0 rings (SSSR count). The van der Waals surface area contributed by atoms with Crippen LogP contribution in [0.1, 0.15) is 0 Å². The minimum absolute atomic E-state index is 0.259. The Bertz CT molecular complexity index is 229. The first kappa shape index (κ1) is 13.7. The number of aliphatic carboxylic acids is 1. The second-order valence-electron chi connectivity index (χ2n) is 3.80. The second-order valence-corrected chi connectivity index (χ2v) is 3.80. The van der Waals surface area contributed by atoms with E-state index in [1.54, 1.807) is 14.1 Å². The van der Waals surface area contributed by atoms with Gasteiger partial charge in [0.15, 0.2) is 0 Å². The van der Waals surface area contributed by atoms with Gasteiger partial charge in [-0.15, -0.1) is 0 Å². The van der Waals surface area contributed by atoms with Crippen LogP contribution >= 0.6 is 0 Å². The van der Waals surface area contributed by atoms with Gasteiger partial charge in [0.25, 0.3) is 0 Å². The SMILES string of the molecule is CN(C)CCN(CC(=O)O)C(=O)N(C)C. The standard InChI is InChI=1S/C9H19N3O3/c1-10(2)5-6-12(7-8(13)14)9(15)11(3)4/h5-7H2,1-4H3,(H,13,14). The Hall–Kier alpha value is -1.30. The van der Waals surface area contributed by atoms with Gasteiger partial charge in [-0.05, 0) is 14.1 Å². The molecular formula is C9H19N3O3. The Morgan fingerprint density at radius 1 is 1.07 bits per heavy atom. The zero-order valence-electron chi connectivity index (χ0n) is 9.73. The van der Waals surface area contributed by atoms with Crippen molar-refractivity contribution in [1.82, 2.24) is 14.7 Å². The van der Waals surface area contributed by atoms with E-state index < -0.39 is 5.97 Å². The fourth-order valence-electron chi connectivity index (χ4n) is 1.01. The van der Waals surface area contributed by atoms with Gasteiger partial charge in [0.2, 0.25) is 0 Å². The molecule has 88 valence electrons. The molecule has 0 radical (unpaired) electrons. The summed E-state index contributed by atoms with van der Waals surface area (Å²) in [6.07, 6.45) is 0. The summed E-state index contributed by atoms with van der Waals surface area (Å²) in [6, 6.07) is -0.278. The van der Waals surface area contributed by atoms with Crippen molar-refractivity contribution in [3.8, 4) is 0 Å². The minimum Gasteiger partial charge on any atom is -0.480 e. The van der Waals surface area contributed by atoms with Gasteiger partial charge in [-0.25, -0.2) is 4.79 Å². The van der Waals surface area contributed by atoms with E-state index in [-0.39, 0.29) is 12.6 Å². The first-order chi connectivity index (χ1) is 6.84. The molecule has 0 aromatic rings. The van der Waals surface area contributed by atoms with Crippen LogP contribution in [-0.4, -0.2) is 79.6 Å². The smallest absolute Gasteiger partial charge is 0.323 e. The summed E-state index contributed by atoms with van der Waals surface area (Å²) in [6.45, 7) is 0.800. The molecule has 0 aliphatic rings. The highest BCUT2D eigenvalue weighted by Crippen LogP contribution is 1.95. The van der Waals surface area contributed by atoms with E-state index in [1.807, 2.05) is 19.0 Å². The predicted molar refractivity (Wildman–Crippen MR) is 56.8 cm³/mol. The highest BCUT2D eigenvalue weighted by Gasteiger charge is 2.17. The van der Waals surface area contributed by atoms with Crippen LogP contribution in [-0.2, 0) is 4.79 Å². The van der Waals surface area contributed by atoms with E-state index in [0.29, 0.717) is 13.1 Å². The number of urea groups is 1. The minimum atomic E-state index is -0.996. The molecule has 6 nitrogen and oxygen atoms in total. The Morgan fingerprint density at radius 3 is 1.93 bits per heavy atom. The predicted octanol–water partition coefficient (Wildman–Crippen LogP) is -0.384. The van der Waals surface area contributed by atoms with Crippen molar-refractivity contribution in [1.29, 1.82) is 0 Å². The van der Waals surface area contributed by atoms with Crippen LogP contribution in [0.2, 0.25) is 0 Å². The van der Waals surface area contributed by atoms with Gasteiger partial charge < -0.3 is 19.8 Å². The summed E-state index contributed by atoms with van der Waals surface area (Å²) in [4.78, 5) is 26.7. The number of carboxylic acid groups (broad SMARTS) is 1. The molecule has 15 heavy (non-hydrogen) atoms. The van der Waals surface area contributed by atoms with Crippen molar-refractivity contribution in [3.05, 3.63) is 0 Å². The van der Waals surface area contributed by atoms with Gasteiger partial charge >= 0.3 is 12.0 Å². The van der Waals surface area contributed by atoms with Crippen molar-refractivity contribution in [2.75, 3.05) is 47.8 Å². The molecule has 0 saturated carbocycles. The molecule has 0 fully saturated rings. The Kier molecular flexibility index (Phi) is 5.69. The number of carbonyl (C=O) groups excluding carboxylic acids is 1. The van der Waals surface area contributed by atoms with Crippen LogP contribution < -0.4 is 0 Å². The third-order valence-corrected chi connectivity index (χ3v) is 1.80. The van der Waals surface area contributed by atoms with E-state index in [4.69, 9.17) is 5.11 Å². The van der Waals surface area contributed by atoms with Crippen LogP contribution in [0.15, 0.2) is 0 Å². The van der Waals surface area contributed by atoms with E-state index in [9.17, 15) is 9.59 Å². The quantitative estimate of drug-likeness (QED) is 0.681. The molecule has 0 bridgehead atoms. The molecule has 0 atom stereocenters. The van der Waals surface area contributed by atoms with Gasteiger partial charge in [-0.3, -0.25) is 4.79 Å². The maximum atomic E-state index is 11.6. The van der Waals surface area contributed by atoms with Crippen LogP contribution in [0, 0.1) is 0 Å². The topological polar surface area (TPSA) is 64.1 Å². The number of rotatable bonds is 5. The third-order valence-electron chi connectivity index (χ3n) is 1.80. The maximum Gasteiger partial charge on any atom is 0.323 e. The van der Waals surface area contributed by atoms with Crippen LogP contribution in [0.4, 0.5) is 4.79 Å². The maximum absolute atomic E-state index is 11.6. The molecular weight excluding hydrogens is 198 g/mol. The number of nitrogens with zero attached hydrogens (tertiary/aromatic N) is 3. The third kappa shape index (κ3) is 5.90. The highest BCUT2D eigenvalue weighted by atomic mass is 16.4. The molecule has 0 aromatic heterocycles. The van der Waals surface area contributed by atoms with Gasteiger partial charge in [0.05, 0.1) is 0 Å². The van der Waals surface area contributed by atoms with Gasteiger partial charge in [0.1, 0.15) is 6.54 Å². The fourth-order valence-corrected chi connectivity index (χ4v) is 1.01. The molecule has 0 heterocycles. The molecule has 6 heteroatoms. The van der Waals surface area contributed by atoms with Crippen LogP contribution in [0.5, 0.6) is 0 Å². The zero-order valence-corrected chi connectivity index (χ0v) is 9.73. The number of likely N-dealkylation sites (N-methyl/N-ethyl adjacent to an activating group) is 1. The number of hydrogen-bond acceptors (Lipinski definition) is 3. The van der Waals surface area contributed by atoms with E-state index in [0.717, 1.165) is 0 Å². The number of hydrogen-bond donors (Lipinski definition) is 1. The number of carbonyl (C=O) groups is 2. The Morgan fingerprint density at radius 2 is 1.60 bits per heavy atom. The van der Waals surface area contributed by atoms with Crippen LogP contribution in [0.3, 0.4) is 0 Å². The fraction of sp³-hybridized carbons (Fsp3) is 0.778. The normalized spacial score (nSPS) is 10.2. The number of carboxylic acids is 1. The molecule has 0 saturated heterocycles. The first-order valence-corrected chi connectivity index (χ1v) is 4.67.